The van der Waals surface area contributed by atoms with E-state index >= 15 is 0 Å². The third kappa shape index (κ3) is 6.61. The second-order valence-corrected chi connectivity index (χ2v) is 4.07. The van der Waals surface area contributed by atoms with Crippen LogP contribution in [0.5, 0.6) is 0 Å². The predicted octanol–water partition coefficient (Wildman–Crippen LogP) is -0.502. The topological polar surface area (TPSA) is 102 Å². The molecule has 108 valence electrons. The van der Waals surface area contributed by atoms with Crippen molar-refractivity contribution in [2.45, 2.75) is 12.3 Å². The maximum atomic E-state index is 11.7. The van der Waals surface area contributed by atoms with E-state index in [-0.39, 0.29) is 0 Å². The molecule has 3 amide bonds. The van der Waals surface area contributed by atoms with Crippen LogP contribution in [0.15, 0.2) is 0 Å². The Kier molecular flexibility index (Phi) is 7.50. The van der Waals surface area contributed by atoms with Crippen LogP contribution in [0.1, 0.15) is 6.92 Å². The Balaban J connectivity index is 4.71. The standard InChI is InChI=1S/C10H15ClN2O6/c1-6(11)9(16)12-10(17)13(4-7(14)18-2)5-8(15)19-3/h6H,4-5H2,1-3H3,(H,12,16,17). The van der Waals surface area contributed by atoms with Gasteiger partial charge in [-0.3, -0.25) is 19.7 Å². The molecule has 0 aromatic rings. The van der Waals surface area contributed by atoms with Crippen LogP contribution >= 0.6 is 11.6 Å². The van der Waals surface area contributed by atoms with Gasteiger partial charge in [-0.05, 0) is 6.92 Å². The first-order chi connectivity index (χ1) is 8.81. The molecule has 0 heterocycles. The lowest BCUT2D eigenvalue weighted by Gasteiger charge is -2.20. The minimum absolute atomic E-state index is 0.499. The van der Waals surface area contributed by atoms with E-state index in [1.54, 1.807) is 0 Å². The van der Waals surface area contributed by atoms with Gasteiger partial charge in [0.05, 0.1) is 14.2 Å². The lowest BCUT2D eigenvalue weighted by molar-refractivity contribution is -0.144. The molecule has 19 heavy (non-hydrogen) atoms. The SMILES string of the molecule is COC(=O)CN(CC(=O)OC)C(=O)NC(=O)C(C)Cl. The summed E-state index contributed by atoms with van der Waals surface area (Å²) in [6.45, 7) is 0.373. The molecule has 0 rings (SSSR count). The largest absolute Gasteiger partial charge is 0.468 e. The van der Waals surface area contributed by atoms with Gasteiger partial charge >= 0.3 is 18.0 Å². The fourth-order valence-corrected chi connectivity index (χ4v) is 0.979. The number of esters is 2. The van der Waals surface area contributed by atoms with Crippen molar-refractivity contribution in [1.82, 2.24) is 10.2 Å². The van der Waals surface area contributed by atoms with Crippen molar-refractivity contribution in [3.63, 3.8) is 0 Å². The number of amides is 3. The number of hydrogen-bond acceptors (Lipinski definition) is 6. The molecule has 1 unspecified atom stereocenters. The smallest absolute Gasteiger partial charge is 0.325 e. The summed E-state index contributed by atoms with van der Waals surface area (Å²) in [6, 6.07) is -0.937. The second kappa shape index (κ2) is 8.30. The van der Waals surface area contributed by atoms with E-state index in [1.807, 2.05) is 5.32 Å². The van der Waals surface area contributed by atoms with Crippen LogP contribution < -0.4 is 5.32 Å². The van der Waals surface area contributed by atoms with Crippen molar-refractivity contribution in [2.24, 2.45) is 0 Å². The Morgan fingerprint density at radius 3 is 1.84 bits per heavy atom. The molecule has 0 aromatic carbocycles. The number of nitrogens with one attached hydrogen (secondary N) is 1. The summed E-state index contributed by atoms with van der Waals surface area (Å²) in [5.41, 5.74) is 0. The molecule has 0 spiro atoms. The third-order valence-corrected chi connectivity index (χ3v) is 2.17. The van der Waals surface area contributed by atoms with Gasteiger partial charge < -0.3 is 14.4 Å². The van der Waals surface area contributed by atoms with Crippen molar-refractivity contribution < 1.29 is 28.7 Å². The predicted molar refractivity (Wildman–Crippen MR) is 64.5 cm³/mol. The van der Waals surface area contributed by atoms with Gasteiger partial charge in [0.25, 0.3) is 0 Å². The first-order valence-corrected chi connectivity index (χ1v) is 5.63. The van der Waals surface area contributed by atoms with E-state index < -0.39 is 42.3 Å². The van der Waals surface area contributed by atoms with E-state index in [4.69, 9.17) is 11.6 Å². The maximum Gasteiger partial charge on any atom is 0.325 e. The minimum Gasteiger partial charge on any atom is -0.468 e. The summed E-state index contributed by atoms with van der Waals surface area (Å²) in [5.74, 6) is -2.23. The van der Waals surface area contributed by atoms with Gasteiger partial charge in [-0.2, -0.15) is 0 Å². The summed E-state index contributed by atoms with van der Waals surface area (Å²) < 4.78 is 8.75. The van der Waals surface area contributed by atoms with Gasteiger partial charge in [-0.25, -0.2) is 4.79 Å². The molecule has 0 bridgehead atoms. The van der Waals surface area contributed by atoms with Gasteiger partial charge in [-0.15, -0.1) is 11.6 Å². The highest BCUT2D eigenvalue weighted by Gasteiger charge is 2.23. The number of ether oxygens (including phenoxy) is 2. The summed E-state index contributed by atoms with van der Waals surface area (Å²) in [4.78, 5) is 45.9. The van der Waals surface area contributed by atoms with Crippen LogP contribution in [0.25, 0.3) is 0 Å². The lowest BCUT2D eigenvalue weighted by atomic mass is 10.4. The first kappa shape index (κ1) is 17.2. The monoisotopic (exact) mass is 294 g/mol. The normalized spacial score (nSPS) is 11.2. The number of halogens is 1. The molecular formula is C10H15ClN2O6. The average Bonchev–Trinajstić information content (AvgIpc) is 2.36. The van der Waals surface area contributed by atoms with E-state index in [9.17, 15) is 19.2 Å². The zero-order valence-corrected chi connectivity index (χ0v) is 11.5. The number of methoxy groups -OCH3 is 2. The quantitative estimate of drug-likeness (QED) is 0.541. The van der Waals surface area contributed by atoms with Crippen LogP contribution in [0, 0.1) is 0 Å². The molecule has 8 nitrogen and oxygen atoms in total. The van der Waals surface area contributed by atoms with Crippen molar-refractivity contribution in [3.8, 4) is 0 Å². The highest BCUT2D eigenvalue weighted by Crippen LogP contribution is 1.97. The van der Waals surface area contributed by atoms with Gasteiger partial charge in [0.2, 0.25) is 5.91 Å². The molecule has 1 N–H and O–H groups in total. The summed E-state index contributed by atoms with van der Waals surface area (Å²) in [6.07, 6.45) is 0. The Morgan fingerprint density at radius 1 is 1.11 bits per heavy atom. The van der Waals surface area contributed by atoms with Crippen LogP contribution in [-0.4, -0.2) is 61.5 Å². The number of alkyl halides is 1. The Bertz CT molecular complexity index is 353. The number of nitrogens with zero attached hydrogens (tertiary/aromatic N) is 1. The van der Waals surface area contributed by atoms with Crippen molar-refractivity contribution >= 4 is 35.5 Å². The van der Waals surface area contributed by atoms with E-state index in [1.165, 1.54) is 6.92 Å². The van der Waals surface area contributed by atoms with Gasteiger partial charge in [0, 0.05) is 0 Å². The Hall–Kier alpha value is -1.83. The molecule has 9 heteroatoms. The highest BCUT2D eigenvalue weighted by molar-refractivity contribution is 6.31. The third-order valence-electron chi connectivity index (χ3n) is 1.97. The Labute approximate surface area is 115 Å². The van der Waals surface area contributed by atoms with Crippen LogP contribution in [-0.2, 0) is 23.9 Å². The number of rotatable bonds is 5. The molecule has 0 radical (unpaired) electrons. The number of urea groups is 1. The van der Waals surface area contributed by atoms with Gasteiger partial charge in [-0.1, -0.05) is 0 Å². The molecule has 0 saturated heterocycles. The molecule has 0 aliphatic heterocycles. The van der Waals surface area contributed by atoms with Crippen LogP contribution in [0.4, 0.5) is 4.79 Å². The molecule has 0 aliphatic rings. The average molecular weight is 295 g/mol. The van der Waals surface area contributed by atoms with Crippen molar-refractivity contribution in [1.29, 1.82) is 0 Å². The second-order valence-electron chi connectivity index (χ2n) is 3.42. The summed E-state index contributed by atoms with van der Waals surface area (Å²) in [7, 11) is 2.26. The highest BCUT2D eigenvalue weighted by atomic mass is 35.5. The molecule has 0 fully saturated rings. The first-order valence-electron chi connectivity index (χ1n) is 5.19. The van der Waals surface area contributed by atoms with Gasteiger partial charge in [0.15, 0.2) is 0 Å². The van der Waals surface area contributed by atoms with Crippen LogP contribution in [0.2, 0.25) is 0 Å². The minimum atomic E-state index is -0.937. The van der Waals surface area contributed by atoms with Crippen molar-refractivity contribution in [3.05, 3.63) is 0 Å². The van der Waals surface area contributed by atoms with E-state index in [0.29, 0.717) is 0 Å². The van der Waals surface area contributed by atoms with E-state index in [0.717, 1.165) is 19.1 Å². The Morgan fingerprint density at radius 2 is 1.53 bits per heavy atom. The molecule has 0 saturated carbocycles. The number of carbonyl (C=O) groups excluding carboxylic acids is 4. The molecule has 0 aromatic heterocycles. The van der Waals surface area contributed by atoms with E-state index in [2.05, 4.69) is 9.47 Å². The van der Waals surface area contributed by atoms with Crippen LogP contribution in [0.3, 0.4) is 0 Å². The fraction of sp³-hybridized carbons (Fsp3) is 0.600. The summed E-state index contributed by atoms with van der Waals surface area (Å²) >= 11 is 5.48. The maximum absolute atomic E-state index is 11.7. The molecular weight excluding hydrogens is 280 g/mol. The zero-order valence-electron chi connectivity index (χ0n) is 10.8. The number of imide groups is 1. The van der Waals surface area contributed by atoms with Crippen molar-refractivity contribution in [2.75, 3.05) is 27.3 Å². The summed E-state index contributed by atoms with van der Waals surface area (Å²) in [5, 5.41) is 1.01. The van der Waals surface area contributed by atoms with Gasteiger partial charge in [0.1, 0.15) is 18.5 Å². The molecule has 0 aliphatic carbocycles. The fourth-order valence-electron chi connectivity index (χ4n) is 0.924. The number of hydrogen-bond donors (Lipinski definition) is 1. The lowest BCUT2D eigenvalue weighted by Crippen LogP contribution is -2.48. The zero-order chi connectivity index (χ0) is 15.0. The number of carbonyl (C=O) groups is 4. The molecule has 1 atom stereocenters.